The van der Waals surface area contributed by atoms with Crippen molar-refractivity contribution in [2.24, 2.45) is 0 Å². The Labute approximate surface area is 82.2 Å². The fraction of sp³-hybridized carbons (Fsp3) is 0.300. The Morgan fingerprint density at radius 3 is 2.50 bits per heavy atom. The van der Waals surface area contributed by atoms with Crippen molar-refractivity contribution < 1.29 is 15.0 Å². The number of phenols is 1. The van der Waals surface area contributed by atoms with Gasteiger partial charge >= 0.3 is 0 Å². The molecule has 1 amide bonds. The molecular formula is C10H13NO3. The summed E-state index contributed by atoms with van der Waals surface area (Å²) in [7, 11) is 0. The van der Waals surface area contributed by atoms with Gasteiger partial charge in [0.05, 0.1) is 0 Å². The Hall–Kier alpha value is -1.55. The third-order valence-electron chi connectivity index (χ3n) is 1.71. The van der Waals surface area contributed by atoms with Gasteiger partial charge < -0.3 is 15.5 Å². The number of aliphatic hydroxyl groups is 1. The third-order valence-corrected chi connectivity index (χ3v) is 1.71. The molecule has 3 N–H and O–H groups in total. The van der Waals surface area contributed by atoms with Crippen LogP contribution in [0.2, 0.25) is 0 Å². The van der Waals surface area contributed by atoms with Crippen molar-refractivity contribution in [2.75, 3.05) is 11.9 Å². The van der Waals surface area contributed by atoms with Crippen molar-refractivity contribution in [3.8, 4) is 5.75 Å². The molecule has 0 aliphatic rings. The summed E-state index contributed by atoms with van der Waals surface area (Å²) in [6.45, 7) is 0.0169. The van der Waals surface area contributed by atoms with E-state index < -0.39 is 0 Å². The highest BCUT2D eigenvalue weighted by molar-refractivity contribution is 5.90. The predicted octanol–water partition coefficient (Wildman–Crippen LogP) is 1.10. The Morgan fingerprint density at radius 1 is 1.29 bits per heavy atom. The molecule has 0 spiro atoms. The molecule has 0 bridgehead atoms. The smallest absolute Gasteiger partial charge is 0.224 e. The van der Waals surface area contributed by atoms with Crippen molar-refractivity contribution in [1.82, 2.24) is 0 Å². The first-order valence-corrected chi connectivity index (χ1v) is 4.42. The minimum absolute atomic E-state index is 0.0169. The number of nitrogens with one attached hydrogen (secondary N) is 1. The number of aromatic hydroxyl groups is 1. The van der Waals surface area contributed by atoms with Crippen LogP contribution in [0.15, 0.2) is 24.3 Å². The van der Waals surface area contributed by atoms with Gasteiger partial charge in [0.2, 0.25) is 5.91 Å². The topological polar surface area (TPSA) is 69.6 Å². The van der Waals surface area contributed by atoms with E-state index in [0.29, 0.717) is 18.5 Å². The summed E-state index contributed by atoms with van der Waals surface area (Å²) in [5.41, 5.74) is 0.644. The lowest BCUT2D eigenvalue weighted by Gasteiger charge is -2.03. The zero-order valence-corrected chi connectivity index (χ0v) is 7.73. The van der Waals surface area contributed by atoms with E-state index in [4.69, 9.17) is 10.2 Å². The number of hydrogen-bond acceptors (Lipinski definition) is 3. The summed E-state index contributed by atoms with van der Waals surface area (Å²) < 4.78 is 0. The number of carbonyl (C=O) groups excluding carboxylic acids is 1. The van der Waals surface area contributed by atoms with Crippen molar-refractivity contribution in [1.29, 1.82) is 0 Å². The van der Waals surface area contributed by atoms with Crippen LogP contribution in [0.4, 0.5) is 5.69 Å². The minimum Gasteiger partial charge on any atom is -0.508 e. The van der Waals surface area contributed by atoms with Gasteiger partial charge in [-0.1, -0.05) is 0 Å². The molecule has 76 valence electrons. The molecule has 1 aromatic carbocycles. The molecule has 0 saturated carbocycles. The number of anilines is 1. The average molecular weight is 195 g/mol. The normalized spacial score (nSPS) is 9.79. The summed E-state index contributed by atoms with van der Waals surface area (Å²) in [4.78, 5) is 11.2. The minimum atomic E-state index is -0.135. The van der Waals surface area contributed by atoms with Gasteiger partial charge in [-0.25, -0.2) is 0 Å². The Morgan fingerprint density at radius 2 is 1.93 bits per heavy atom. The molecule has 1 aromatic rings. The van der Waals surface area contributed by atoms with Crippen LogP contribution in [0.1, 0.15) is 12.8 Å². The molecule has 0 atom stereocenters. The average Bonchev–Trinajstić information content (AvgIpc) is 2.18. The highest BCUT2D eigenvalue weighted by Gasteiger charge is 2.00. The number of amides is 1. The van der Waals surface area contributed by atoms with E-state index >= 15 is 0 Å². The number of carbonyl (C=O) groups is 1. The van der Waals surface area contributed by atoms with Crippen LogP contribution >= 0.6 is 0 Å². The number of phenolic OH excluding ortho intramolecular Hbond substituents is 1. The highest BCUT2D eigenvalue weighted by Crippen LogP contribution is 2.13. The van der Waals surface area contributed by atoms with Gasteiger partial charge in [-0.15, -0.1) is 0 Å². The zero-order valence-electron chi connectivity index (χ0n) is 7.73. The first-order chi connectivity index (χ1) is 6.72. The summed E-state index contributed by atoms with van der Waals surface area (Å²) in [5, 5.41) is 20.1. The van der Waals surface area contributed by atoms with Crippen LogP contribution in [0.5, 0.6) is 5.75 Å². The van der Waals surface area contributed by atoms with E-state index in [-0.39, 0.29) is 18.3 Å². The molecule has 0 aromatic heterocycles. The standard InChI is InChI=1S/C10H13NO3/c12-7-1-2-10(14)11-8-3-5-9(13)6-4-8/h3-6,12-13H,1-2,7H2,(H,11,14). The second-order valence-electron chi connectivity index (χ2n) is 2.92. The van der Waals surface area contributed by atoms with E-state index in [1.165, 1.54) is 12.1 Å². The second-order valence-corrected chi connectivity index (χ2v) is 2.92. The molecular weight excluding hydrogens is 182 g/mol. The Balaban J connectivity index is 2.44. The lowest BCUT2D eigenvalue weighted by molar-refractivity contribution is -0.116. The summed E-state index contributed by atoms with van der Waals surface area (Å²) >= 11 is 0. The number of hydrogen-bond donors (Lipinski definition) is 3. The van der Waals surface area contributed by atoms with E-state index in [0.717, 1.165) is 0 Å². The van der Waals surface area contributed by atoms with Crippen LogP contribution < -0.4 is 5.32 Å². The van der Waals surface area contributed by atoms with Crippen LogP contribution in [0.3, 0.4) is 0 Å². The predicted molar refractivity (Wildman–Crippen MR) is 53.1 cm³/mol. The van der Waals surface area contributed by atoms with Gasteiger partial charge in [0, 0.05) is 18.7 Å². The van der Waals surface area contributed by atoms with Crippen LogP contribution in [0, 0.1) is 0 Å². The maximum absolute atomic E-state index is 11.2. The molecule has 14 heavy (non-hydrogen) atoms. The SMILES string of the molecule is O=C(CCCO)Nc1ccc(O)cc1. The van der Waals surface area contributed by atoms with Gasteiger partial charge in [-0.3, -0.25) is 4.79 Å². The monoisotopic (exact) mass is 195 g/mol. The summed E-state index contributed by atoms with van der Waals surface area (Å²) in [6, 6.07) is 6.24. The van der Waals surface area contributed by atoms with Crippen molar-refractivity contribution in [3.63, 3.8) is 0 Å². The van der Waals surface area contributed by atoms with Crippen molar-refractivity contribution in [3.05, 3.63) is 24.3 Å². The van der Waals surface area contributed by atoms with E-state index in [9.17, 15) is 4.79 Å². The lowest BCUT2D eigenvalue weighted by Crippen LogP contribution is -2.11. The van der Waals surface area contributed by atoms with Gasteiger partial charge in [-0.05, 0) is 30.7 Å². The molecule has 4 nitrogen and oxygen atoms in total. The van der Waals surface area contributed by atoms with E-state index in [2.05, 4.69) is 5.32 Å². The molecule has 0 aliphatic heterocycles. The summed E-state index contributed by atoms with van der Waals surface area (Å²) in [5.74, 6) is 0.0306. The first kappa shape index (κ1) is 10.5. The van der Waals surface area contributed by atoms with Gasteiger partial charge in [0.15, 0.2) is 0 Å². The quantitative estimate of drug-likeness (QED) is 0.630. The zero-order chi connectivity index (χ0) is 10.4. The molecule has 0 heterocycles. The third kappa shape index (κ3) is 3.45. The number of aliphatic hydroxyl groups excluding tert-OH is 1. The maximum atomic E-state index is 11.2. The summed E-state index contributed by atoms with van der Waals surface area (Å²) in [6.07, 6.45) is 0.765. The number of rotatable bonds is 4. The van der Waals surface area contributed by atoms with Crippen LogP contribution in [-0.4, -0.2) is 22.7 Å². The number of benzene rings is 1. The largest absolute Gasteiger partial charge is 0.508 e. The second kappa shape index (κ2) is 5.24. The van der Waals surface area contributed by atoms with Crippen LogP contribution in [-0.2, 0) is 4.79 Å². The highest BCUT2D eigenvalue weighted by atomic mass is 16.3. The molecule has 0 saturated heterocycles. The molecule has 1 rings (SSSR count). The van der Waals surface area contributed by atoms with Gasteiger partial charge in [-0.2, -0.15) is 0 Å². The fourth-order valence-corrected chi connectivity index (χ4v) is 1.01. The van der Waals surface area contributed by atoms with Crippen LogP contribution in [0.25, 0.3) is 0 Å². The maximum Gasteiger partial charge on any atom is 0.224 e. The molecule has 4 heteroatoms. The van der Waals surface area contributed by atoms with E-state index in [1.807, 2.05) is 0 Å². The molecule has 0 fully saturated rings. The van der Waals surface area contributed by atoms with Crippen molar-refractivity contribution in [2.45, 2.75) is 12.8 Å². The molecule has 0 aliphatic carbocycles. The van der Waals surface area contributed by atoms with Gasteiger partial charge in [0.25, 0.3) is 0 Å². The molecule has 0 radical (unpaired) electrons. The lowest BCUT2D eigenvalue weighted by atomic mass is 10.2. The fourth-order valence-electron chi connectivity index (χ4n) is 1.01. The van der Waals surface area contributed by atoms with E-state index in [1.54, 1.807) is 12.1 Å². The van der Waals surface area contributed by atoms with Crippen molar-refractivity contribution >= 4 is 11.6 Å². The first-order valence-electron chi connectivity index (χ1n) is 4.42. The Kier molecular flexibility index (Phi) is 3.94. The van der Waals surface area contributed by atoms with Gasteiger partial charge in [0.1, 0.15) is 5.75 Å². The Bertz CT molecular complexity index is 295. The molecule has 0 unspecified atom stereocenters.